The molecular formula is C14H15NO6. The fourth-order valence-corrected chi connectivity index (χ4v) is 1.88. The minimum atomic E-state index is -1.16. The van der Waals surface area contributed by atoms with E-state index in [1.165, 1.54) is 20.3 Å². The highest BCUT2D eigenvalue weighted by atomic mass is 16.5. The quantitative estimate of drug-likeness (QED) is 0.874. The van der Waals surface area contributed by atoms with Gasteiger partial charge in [0.15, 0.2) is 23.0 Å². The number of aromatic nitrogens is 1. The van der Waals surface area contributed by atoms with Crippen molar-refractivity contribution in [1.82, 2.24) is 5.16 Å². The molecule has 1 N–H and O–H groups in total. The van der Waals surface area contributed by atoms with E-state index < -0.39 is 5.97 Å². The second-order valence-electron chi connectivity index (χ2n) is 3.99. The molecule has 0 fully saturated rings. The van der Waals surface area contributed by atoms with Crippen LogP contribution in [0.5, 0.6) is 17.2 Å². The molecule has 0 atom stereocenters. The predicted octanol–water partition coefficient (Wildman–Crippen LogP) is 2.46. The summed E-state index contributed by atoms with van der Waals surface area (Å²) in [6.45, 7) is 2.22. The van der Waals surface area contributed by atoms with E-state index in [1.54, 1.807) is 12.1 Å². The molecule has 0 bridgehead atoms. The highest BCUT2D eigenvalue weighted by Crippen LogP contribution is 2.44. The molecule has 2 rings (SSSR count). The van der Waals surface area contributed by atoms with Crippen molar-refractivity contribution in [3.8, 4) is 28.6 Å². The van der Waals surface area contributed by atoms with Gasteiger partial charge >= 0.3 is 5.97 Å². The Bertz CT molecular complexity index is 649. The lowest BCUT2D eigenvalue weighted by atomic mass is 10.1. The monoisotopic (exact) mass is 293 g/mol. The molecule has 21 heavy (non-hydrogen) atoms. The highest BCUT2D eigenvalue weighted by Gasteiger charge is 2.21. The Morgan fingerprint density at radius 2 is 2.05 bits per heavy atom. The third-order valence-corrected chi connectivity index (χ3v) is 2.78. The van der Waals surface area contributed by atoms with Crippen LogP contribution in [0, 0.1) is 0 Å². The van der Waals surface area contributed by atoms with Crippen LogP contribution in [0.25, 0.3) is 11.3 Å². The SMILES string of the molecule is CCOc1c(-c2cc(C(=O)O)no2)ccc(OC)c1OC. The summed E-state index contributed by atoms with van der Waals surface area (Å²) in [4.78, 5) is 10.9. The molecule has 0 saturated heterocycles. The molecule has 0 aliphatic carbocycles. The van der Waals surface area contributed by atoms with Crippen molar-refractivity contribution in [3.63, 3.8) is 0 Å². The van der Waals surface area contributed by atoms with E-state index in [0.29, 0.717) is 29.4 Å². The van der Waals surface area contributed by atoms with Crippen molar-refractivity contribution < 1.29 is 28.6 Å². The van der Waals surface area contributed by atoms with Gasteiger partial charge in [0.2, 0.25) is 5.75 Å². The number of hydrogen-bond donors (Lipinski definition) is 1. The van der Waals surface area contributed by atoms with E-state index in [0.717, 1.165) is 0 Å². The van der Waals surface area contributed by atoms with E-state index in [4.69, 9.17) is 23.8 Å². The standard InChI is InChI=1S/C14H15NO6/c1-4-20-12-8(5-6-10(18-2)13(12)19-3)11-7-9(14(16)17)15-21-11/h5-7H,4H2,1-3H3,(H,16,17). The van der Waals surface area contributed by atoms with Crippen LogP contribution < -0.4 is 14.2 Å². The number of methoxy groups -OCH3 is 2. The average molecular weight is 293 g/mol. The van der Waals surface area contributed by atoms with Crippen LogP contribution in [0.3, 0.4) is 0 Å². The fourth-order valence-electron chi connectivity index (χ4n) is 1.88. The molecule has 0 aliphatic rings. The molecule has 2 aromatic rings. The molecule has 0 aliphatic heterocycles. The van der Waals surface area contributed by atoms with Gasteiger partial charge in [-0.05, 0) is 19.1 Å². The van der Waals surface area contributed by atoms with Gasteiger partial charge in [-0.3, -0.25) is 0 Å². The first-order valence-corrected chi connectivity index (χ1v) is 6.20. The zero-order valence-electron chi connectivity index (χ0n) is 11.9. The van der Waals surface area contributed by atoms with Crippen LogP contribution in [0.2, 0.25) is 0 Å². The van der Waals surface area contributed by atoms with Gasteiger partial charge in [0, 0.05) is 6.07 Å². The maximum absolute atomic E-state index is 10.9. The molecule has 1 aromatic heterocycles. The molecule has 0 spiro atoms. The van der Waals surface area contributed by atoms with Gasteiger partial charge in [-0.15, -0.1) is 0 Å². The summed E-state index contributed by atoms with van der Waals surface area (Å²) in [6, 6.07) is 4.70. The van der Waals surface area contributed by atoms with Crippen molar-refractivity contribution in [2.75, 3.05) is 20.8 Å². The molecule has 7 heteroatoms. The molecule has 112 valence electrons. The first-order chi connectivity index (χ1) is 10.1. The lowest BCUT2D eigenvalue weighted by Gasteiger charge is -2.15. The summed E-state index contributed by atoms with van der Waals surface area (Å²) in [7, 11) is 3.01. The van der Waals surface area contributed by atoms with Crippen molar-refractivity contribution in [1.29, 1.82) is 0 Å². The Morgan fingerprint density at radius 1 is 1.29 bits per heavy atom. The van der Waals surface area contributed by atoms with Gasteiger partial charge in [0.25, 0.3) is 0 Å². The van der Waals surface area contributed by atoms with Crippen molar-refractivity contribution in [2.24, 2.45) is 0 Å². The number of rotatable bonds is 6. The highest BCUT2D eigenvalue weighted by molar-refractivity contribution is 5.87. The first-order valence-electron chi connectivity index (χ1n) is 6.20. The van der Waals surface area contributed by atoms with E-state index >= 15 is 0 Å². The Labute approximate surface area is 121 Å². The maximum atomic E-state index is 10.9. The van der Waals surface area contributed by atoms with Crippen LogP contribution in [0.15, 0.2) is 22.7 Å². The summed E-state index contributed by atoms with van der Waals surface area (Å²) < 4.78 is 21.2. The normalized spacial score (nSPS) is 10.2. The average Bonchev–Trinajstić information content (AvgIpc) is 2.96. The number of carboxylic acid groups (broad SMARTS) is 1. The molecular weight excluding hydrogens is 278 g/mol. The summed E-state index contributed by atoms with van der Waals surface area (Å²) in [5.74, 6) is 0.431. The van der Waals surface area contributed by atoms with Crippen LogP contribution >= 0.6 is 0 Å². The Kier molecular flexibility index (Phi) is 4.32. The molecule has 0 saturated carbocycles. The second-order valence-corrected chi connectivity index (χ2v) is 3.99. The molecule has 1 aromatic carbocycles. The molecule has 0 unspecified atom stereocenters. The van der Waals surface area contributed by atoms with Gasteiger partial charge in [-0.1, -0.05) is 5.16 Å². The summed E-state index contributed by atoms with van der Waals surface area (Å²) in [5.41, 5.74) is 0.358. The van der Waals surface area contributed by atoms with Crippen molar-refractivity contribution in [2.45, 2.75) is 6.92 Å². The van der Waals surface area contributed by atoms with Crippen LogP contribution in [-0.4, -0.2) is 37.1 Å². The van der Waals surface area contributed by atoms with Crippen LogP contribution in [0.1, 0.15) is 17.4 Å². The van der Waals surface area contributed by atoms with E-state index in [-0.39, 0.29) is 11.5 Å². The van der Waals surface area contributed by atoms with Gasteiger partial charge < -0.3 is 23.8 Å². The predicted molar refractivity (Wildman–Crippen MR) is 73.2 cm³/mol. The molecule has 1 heterocycles. The van der Waals surface area contributed by atoms with Gasteiger partial charge in [0.05, 0.1) is 26.4 Å². The number of nitrogens with zero attached hydrogens (tertiary/aromatic N) is 1. The lowest BCUT2D eigenvalue weighted by molar-refractivity contribution is 0.0686. The number of aromatic carboxylic acids is 1. The zero-order valence-corrected chi connectivity index (χ0v) is 11.9. The summed E-state index contributed by atoms with van der Waals surface area (Å²) in [5, 5.41) is 12.4. The van der Waals surface area contributed by atoms with Crippen LogP contribution in [0.4, 0.5) is 0 Å². The summed E-state index contributed by atoms with van der Waals surface area (Å²) in [6.07, 6.45) is 0. The smallest absolute Gasteiger partial charge is 0.358 e. The van der Waals surface area contributed by atoms with E-state index in [1.807, 2.05) is 6.92 Å². The third-order valence-electron chi connectivity index (χ3n) is 2.78. The minimum absolute atomic E-state index is 0.178. The number of carbonyl (C=O) groups is 1. The first kappa shape index (κ1) is 14.7. The number of ether oxygens (including phenoxy) is 3. The van der Waals surface area contributed by atoms with Crippen LogP contribution in [-0.2, 0) is 0 Å². The third kappa shape index (κ3) is 2.76. The van der Waals surface area contributed by atoms with Gasteiger partial charge in [0.1, 0.15) is 0 Å². The number of hydrogen-bond acceptors (Lipinski definition) is 6. The van der Waals surface area contributed by atoms with Crippen molar-refractivity contribution >= 4 is 5.97 Å². The number of benzene rings is 1. The van der Waals surface area contributed by atoms with Gasteiger partial charge in [-0.25, -0.2) is 4.79 Å². The topological polar surface area (TPSA) is 91.0 Å². The minimum Gasteiger partial charge on any atom is -0.493 e. The Morgan fingerprint density at radius 3 is 2.57 bits per heavy atom. The van der Waals surface area contributed by atoms with Crippen molar-refractivity contribution in [3.05, 3.63) is 23.9 Å². The van der Waals surface area contributed by atoms with E-state index in [9.17, 15) is 4.79 Å². The maximum Gasteiger partial charge on any atom is 0.358 e. The largest absolute Gasteiger partial charge is 0.493 e. The number of carboxylic acids is 1. The van der Waals surface area contributed by atoms with E-state index in [2.05, 4.69) is 5.16 Å². The Balaban J connectivity index is 2.58. The Hall–Kier alpha value is -2.70. The summed E-state index contributed by atoms with van der Waals surface area (Å²) >= 11 is 0. The lowest BCUT2D eigenvalue weighted by Crippen LogP contribution is -1.99. The second kappa shape index (κ2) is 6.17. The molecule has 0 amide bonds. The molecule has 0 radical (unpaired) electrons. The van der Waals surface area contributed by atoms with Gasteiger partial charge in [-0.2, -0.15) is 0 Å². The zero-order chi connectivity index (χ0) is 15.4. The fraction of sp³-hybridized carbons (Fsp3) is 0.286. The molecule has 7 nitrogen and oxygen atoms in total.